The van der Waals surface area contributed by atoms with Crippen molar-refractivity contribution in [1.82, 2.24) is 4.90 Å². The molecule has 1 N–H and O–H groups in total. The number of hydrogen-bond donors (Lipinski definition) is 1. The van der Waals surface area contributed by atoms with Gasteiger partial charge in [-0.05, 0) is 30.5 Å². The third kappa shape index (κ3) is 4.09. The summed E-state index contributed by atoms with van der Waals surface area (Å²) < 4.78 is 0. The molecule has 0 radical (unpaired) electrons. The predicted molar refractivity (Wildman–Crippen MR) is 109 cm³/mol. The number of aliphatic carboxylic acids is 1. The topological polar surface area (TPSA) is 62.1 Å². The lowest BCUT2D eigenvalue weighted by atomic mass is 9.93. The third-order valence-corrected chi connectivity index (χ3v) is 5.77. The number of carbonyl (C=O) groups is 1. The van der Waals surface area contributed by atoms with Crippen molar-refractivity contribution in [2.24, 2.45) is 11.1 Å². The molecule has 0 saturated carbocycles. The average molecular weight is 378 g/mol. The number of likely N-dealkylation sites (tertiary alicyclic amines) is 1. The Morgan fingerprint density at radius 3 is 2.75 bits per heavy atom. The van der Waals surface area contributed by atoms with Gasteiger partial charge in [0.05, 0.1) is 11.6 Å². The highest BCUT2D eigenvalue weighted by Gasteiger charge is 2.29. The first kappa shape index (κ1) is 18.7. The summed E-state index contributed by atoms with van der Waals surface area (Å²) >= 11 is 0. The number of nitrogens with zero attached hydrogens (tertiary/aromatic N) is 2. The first-order chi connectivity index (χ1) is 13.7. The second kappa shape index (κ2) is 8.57. The van der Waals surface area contributed by atoms with E-state index >= 15 is 0 Å². The molecular weight excluding hydrogens is 352 g/mol. The van der Waals surface area contributed by atoms with Gasteiger partial charge in [0.1, 0.15) is 6.61 Å². The second-order valence-corrected chi connectivity index (χ2v) is 7.60. The Kier molecular flexibility index (Phi) is 5.72. The molecule has 1 fully saturated rings. The molecule has 28 heavy (non-hydrogen) atoms. The minimum Gasteiger partial charge on any atom is -0.481 e. The van der Waals surface area contributed by atoms with E-state index in [9.17, 15) is 9.90 Å². The van der Waals surface area contributed by atoms with E-state index in [0.29, 0.717) is 25.6 Å². The van der Waals surface area contributed by atoms with Crippen LogP contribution in [0, 0.1) is 5.92 Å². The molecule has 1 unspecified atom stereocenters. The van der Waals surface area contributed by atoms with Crippen LogP contribution in [-0.2, 0) is 9.63 Å². The number of oxime groups is 1. The third-order valence-electron chi connectivity index (χ3n) is 5.77. The van der Waals surface area contributed by atoms with Gasteiger partial charge in [-0.3, -0.25) is 9.69 Å². The van der Waals surface area contributed by atoms with Crippen molar-refractivity contribution in [3.8, 4) is 0 Å². The Balaban J connectivity index is 1.38. The molecule has 0 aromatic heterocycles. The van der Waals surface area contributed by atoms with Gasteiger partial charge in [-0.1, -0.05) is 59.8 Å². The summed E-state index contributed by atoms with van der Waals surface area (Å²) in [5, 5.41) is 13.7. The highest BCUT2D eigenvalue weighted by Crippen LogP contribution is 2.38. The summed E-state index contributed by atoms with van der Waals surface area (Å²) in [5.41, 5.74) is 4.76. The van der Waals surface area contributed by atoms with Crippen molar-refractivity contribution < 1.29 is 14.7 Å². The monoisotopic (exact) mass is 378 g/mol. The molecule has 2 atom stereocenters. The zero-order valence-corrected chi connectivity index (χ0v) is 16.0. The van der Waals surface area contributed by atoms with E-state index in [1.165, 1.54) is 16.7 Å². The van der Waals surface area contributed by atoms with Gasteiger partial charge in [0.25, 0.3) is 0 Å². The lowest BCUT2D eigenvalue weighted by Crippen LogP contribution is -2.40. The van der Waals surface area contributed by atoms with Crippen LogP contribution in [0.25, 0.3) is 0 Å². The number of rotatable bonds is 6. The minimum atomic E-state index is -0.694. The number of piperidine rings is 1. The summed E-state index contributed by atoms with van der Waals surface area (Å²) in [6.45, 7) is 2.73. The van der Waals surface area contributed by atoms with Crippen molar-refractivity contribution in [3.63, 3.8) is 0 Å². The Morgan fingerprint density at radius 2 is 1.93 bits per heavy atom. The zero-order valence-electron chi connectivity index (χ0n) is 16.0. The number of fused-ring (bicyclic) bond motifs is 1. The first-order valence-electron chi connectivity index (χ1n) is 10.0. The van der Waals surface area contributed by atoms with Crippen LogP contribution in [-0.4, -0.2) is 47.9 Å². The Hall–Kier alpha value is -2.66. The highest BCUT2D eigenvalue weighted by molar-refractivity contribution is 6.05. The van der Waals surface area contributed by atoms with Gasteiger partial charge in [-0.15, -0.1) is 0 Å². The molecule has 4 rings (SSSR count). The molecule has 5 nitrogen and oxygen atoms in total. The predicted octanol–water partition coefficient (Wildman–Crippen LogP) is 3.74. The molecule has 1 heterocycles. The van der Waals surface area contributed by atoms with Gasteiger partial charge in [-0.2, -0.15) is 0 Å². The number of hydrogen-bond acceptors (Lipinski definition) is 4. The van der Waals surface area contributed by atoms with E-state index in [2.05, 4.69) is 52.5 Å². The SMILES string of the molecule is O=C(O)[C@@H]1CCCN(CCON=C2CC(c3ccccc3)c3ccccc32)C1. The fraction of sp³-hybridized carbons (Fsp3) is 0.391. The molecule has 0 bridgehead atoms. The molecule has 2 aromatic carbocycles. The van der Waals surface area contributed by atoms with E-state index in [1.54, 1.807) is 0 Å². The van der Waals surface area contributed by atoms with Gasteiger partial charge >= 0.3 is 5.97 Å². The summed E-state index contributed by atoms with van der Waals surface area (Å²) in [6, 6.07) is 18.9. The number of carboxylic acid groups (broad SMARTS) is 1. The molecule has 1 saturated heterocycles. The summed E-state index contributed by atoms with van der Waals surface area (Å²) in [6.07, 6.45) is 2.54. The average Bonchev–Trinajstić information content (AvgIpc) is 3.11. The van der Waals surface area contributed by atoms with E-state index in [0.717, 1.165) is 31.5 Å². The number of carboxylic acids is 1. The maximum absolute atomic E-state index is 11.2. The van der Waals surface area contributed by atoms with E-state index in [1.807, 2.05) is 12.1 Å². The molecule has 2 aliphatic rings. The maximum atomic E-state index is 11.2. The van der Waals surface area contributed by atoms with Crippen LogP contribution in [0.4, 0.5) is 0 Å². The lowest BCUT2D eigenvalue weighted by Gasteiger charge is -2.29. The molecular formula is C23H26N2O3. The summed E-state index contributed by atoms with van der Waals surface area (Å²) in [5.74, 6) is -0.632. The van der Waals surface area contributed by atoms with Crippen LogP contribution in [0.1, 0.15) is 41.9 Å². The van der Waals surface area contributed by atoms with Gasteiger partial charge in [0.2, 0.25) is 0 Å². The van der Waals surface area contributed by atoms with Gasteiger partial charge < -0.3 is 9.94 Å². The molecule has 146 valence electrons. The largest absolute Gasteiger partial charge is 0.481 e. The quantitative estimate of drug-likeness (QED) is 0.614. The fourth-order valence-corrected chi connectivity index (χ4v) is 4.30. The van der Waals surface area contributed by atoms with E-state index in [-0.39, 0.29) is 5.92 Å². The van der Waals surface area contributed by atoms with Crippen LogP contribution in [0.5, 0.6) is 0 Å². The van der Waals surface area contributed by atoms with Crippen molar-refractivity contribution in [2.45, 2.75) is 25.2 Å². The van der Waals surface area contributed by atoms with Gasteiger partial charge in [-0.25, -0.2) is 0 Å². The Labute approximate surface area is 165 Å². The molecule has 1 aliphatic carbocycles. The first-order valence-corrected chi connectivity index (χ1v) is 10.0. The zero-order chi connectivity index (χ0) is 19.3. The van der Waals surface area contributed by atoms with Crippen molar-refractivity contribution in [1.29, 1.82) is 0 Å². The molecule has 0 amide bonds. The van der Waals surface area contributed by atoms with Crippen molar-refractivity contribution in [2.75, 3.05) is 26.2 Å². The van der Waals surface area contributed by atoms with E-state index in [4.69, 9.17) is 4.84 Å². The lowest BCUT2D eigenvalue weighted by molar-refractivity contribution is -0.143. The van der Waals surface area contributed by atoms with Gasteiger partial charge in [0, 0.05) is 31.0 Å². The van der Waals surface area contributed by atoms with Crippen molar-refractivity contribution in [3.05, 3.63) is 71.3 Å². The molecule has 2 aromatic rings. The van der Waals surface area contributed by atoms with Crippen LogP contribution in [0.15, 0.2) is 59.8 Å². The summed E-state index contributed by atoms with van der Waals surface area (Å²) in [4.78, 5) is 19.0. The smallest absolute Gasteiger partial charge is 0.307 e. The molecule has 0 spiro atoms. The molecule has 5 heteroatoms. The number of benzene rings is 2. The fourth-order valence-electron chi connectivity index (χ4n) is 4.30. The summed E-state index contributed by atoms with van der Waals surface area (Å²) in [7, 11) is 0. The van der Waals surface area contributed by atoms with Crippen LogP contribution in [0.2, 0.25) is 0 Å². The molecule has 1 aliphatic heterocycles. The Morgan fingerprint density at radius 1 is 1.14 bits per heavy atom. The van der Waals surface area contributed by atoms with Crippen molar-refractivity contribution >= 4 is 11.7 Å². The highest BCUT2D eigenvalue weighted by atomic mass is 16.6. The van der Waals surface area contributed by atoms with Gasteiger partial charge in [0.15, 0.2) is 0 Å². The van der Waals surface area contributed by atoms with Crippen LogP contribution >= 0.6 is 0 Å². The maximum Gasteiger partial charge on any atom is 0.307 e. The minimum absolute atomic E-state index is 0.256. The normalized spacial score (nSPS) is 23.5. The van der Waals surface area contributed by atoms with Crippen LogP contribution < -0.4 is 0 Å². The Bertz CT molecular complexity index is 850. The van der Waals surface area contributed by atoms with E-state index < -0.39 is 5.97 Å². The van der Waals surface area contributed by atoms with Crippen LogP contribution in [0.3, 0.4) is 0 Å². The second-order valence-electron chi connectivity index (χ2n) is 7.60. The standard InChI is InChI=1S/C23H26N2O3/c26-23(27)18-9-6-12-25(16-18)13-14-28-24-22-15-21(17-7-2-1-3-8-17)19-10-4-5-11-20(19)22/h1-5,7-8,10-11,18,21H,6,9,12-16H2,(H,26,27)/t18-,21?/m1/s1.